The number of fused-ring (bicyclic) bond motifs is 1. The fourth-order valence-corrected chi connectivity index (χ4v) is 3.88. The van der Waals surface area contributed by atoms with Crippen LogP contribution < -0.4 is 10.1 Å². The number of aliphatic hydroxyl groups excluding tert-OH is 1. The number of carbonyl (C=O) groups excluding carboxylic acids is 1. The molecule has 0 saturated carbocycles. The van der Waals surface area contributed by atoms with Gasteiger partial charge in [-0.2, -0.15) is 10.1 Å². The third-order valence-corrected chi connectivity index (χ3v) is 5.36. The zero-order valence-electron chi connectivity index (χ0n) is 17.8. The maximum atomic E-state index is 14.1. The number of benzene rings is 2. The number of amides is 1. The van der Waals surface area contributed by atoms with Crippen LogP contribution in [0.1, 0.15) is 30.8 Å². The standard InChI is InChI=1S/C23H24FN5O3/c1-14-20(22(31)26-17-9-3-4-10-18(17)32-2)21(15-7-5-8-16(24)13-15)29-23(25-14)27-19(28-29)11-6-12-30/h3-5,7-10,13,20-21,30H,6,11-12H2,1-2H3,(H,26,31). The molecule has 1 aliphatic heterocycles. The van der Waals surface area contributed by atoms with Crippen molar-refractivity contribution in [2.75, 3.05) is 19.0 Å². The fraction of sp³-hybridized carbons (Fsp3) is 0.304. The molecule has 32 heavy (non-hydrogen) atoms. The van der Waals surface area contributed by atoms with Gasteiger partial charge in [-0.15, -0.1) is 0 Å². The van der Waals surface area contributed by atoms with Crippen LogP contribution in [0.3, 0.4) is 0 Å². The second kappa shape index (κ2) is 9.27. The number of hydrogen-bond acceptors (Lipinski definition) is 6. The summed E-state index contributed by atoms with van der Waals surface area (Å²) in [6.07, 6.45) is 0.980. The van der Waals surface area contributed by atoms with Crippen molar-refractivity contribution in [3.63, 3.8) is 0 Å². The molecule has 8 nitrogen and oxygen atoms in total. The SMILES string of the molecule is COc1ccccc1NC(=O)C1C(C)=Nc2nc(CCCO)nn2C1c1cccc(F)c1. The number of nitrogens with zero attached hydrogens (tertiary/aromatic N) is 4. The monoisotopic (exact) mass is 437 g/mol. The number of methoxy groups -OCH3 is 1. The van der Waals surface area contributed by atoms with Gasteiger partial charge in [0.15, 0.2) is 5.82 Å². The van der Waals surface area contributed by atoms with E-state index in [2.05, 4.69) is 20.4 Å². The Hall–Kier alpha value is -3.59. The average molecular weight is 437 g/mol. The molecule has 0 fully saturated rings. The average Bonchev–Trinajstić information content (AvgIpc) is 3.19. The second-order valence-corrected chi connectivity index (χ2v) is 7.52. The number of ether oxygens (including phenoxy) is 1. The summed E-state index contributed by atoms with van der Waals surface area (Å²) in [7, 11) is 1.53. The minimum atomic E-state index is -0.749. The molecule has 4 rings (SSSR count). The van der Waals surface area contributed by atoms with Crippen LogP contribution in [-0.2, 0) is 11.2 Å². The molecule has 0 saturated heterocycles. The van der Waals surface area contributed by atoms with E-state index in [1.54, 1.807) is 41.9 Å². The summed E-state index contributed by atoms with van der Waals surface area (Å²) < 4.78 is 21.0. The summed E-state index contributed by atoms with van der Waals surface area (Å²) in [6, 6.07) is 12.6. The smallest absolute Gasteiger partial charge is 0.248 e. The number of nitrogens with one attached hydrogen (secondary N) is 1. The highest BCUT2D eigenvalue weighted by Gasteiger charge is 2.39. The first-order valence-corrected chi connectivity index (χ1v) is 10.3. The Morgan fingerprint density at radius 1 is 1.25 bits per heavy atom. The second-order valence-electron chi connectivity index (χ2n) is 7.52. The summed E-state index contributed by atoms with van der Waals surface area (Å²) in [5, 5.41) is 16.6. The predicted octanol–water partition coefficient (Wildman–Crippen LogP) is 3.30. The van der Waals surface area contributed by atoms with Crippen molar-refractivity contribution in [2.24, 2.45) is 10.9 Å². The van der Waals surface area contributed by atoms with Gasteiger partial charge in [0.2, 0.25) is 11.9 Å². The van der Waals surface area contributed by atoms with Crippen molar-refractivity contribution in [1.29, 1.82) is 0 Å². The van der Waals surface area contributed by atoms with Gasteiger partial charge in [0.1, 0.15) is 17.5 Å². The third kappa shape index (κ3) is 4.24. The molecule has 2 heterocycles. The molecular weight excluding hydrogens is 413 g/mol. The van der Waals surface area contributed by atoms with Crippen molar-refractivity contribution in [3.8, 4) is 5.75 Å². The van der Waals surface area contributed by atoms with Gasteiger partial charge >= 0.3 is 0 Å². The molecule has 2 atom stereocenters. The van der Waals surface area contributed by atoms with Gasteiger partial charge in [-0.1, -0.05) is 24.3 Å². The molecule has 0 bridgehead atoms. The Bertz CT molecular complexity index is 1160. The summed E-state index contributed by atoms with van der Waals surface area (Å²) in [6.45, 7) is 1.77. The van der Waals surface area contributed by atoms with E-state index in [-0.39, 0.29) is 12.5 Å². The highest BCUT2D eigenvalue weighted by Crippen LogP contribution is 2.37. The van der Waals surface area contributed by atoms with Crippen molar-refractivity contribution >= 4 is 23.3 Å². The van der Waals surface area contributed by atoms with Crippen LogP contribution in [0.4, 0.5) is 16.0 Å². The number of hydrogen-bond donors (Lipinski definition) is 2. The maximum absolute atomic E-state index is 14.1. The van der Waals surface area contributed by atoms with Gasteiger partial charge in [0.05, 0.1) is 18.8 Å². The van der Waals surface area contributed by atoms with E-state index >= 15 is 0 Å². The van der Waals surface area contributed by atoms with Crippen LogP contribution in [0.15, 0.2) is 53.5 Å². The zero-order chi connectivity index (χ0) is 22.7. The van der Waals surface area contributed by atoms with Gasteiger partial charge in [0.25, 0.3) is 0 Å². The van der Waals surface area contributed by atoms with Crippen LogP contribution in [0.25, 0.3) is 0 Å². The molecule has 2 N–H and O–H groups in total. The van der Waals surface area contributed by atoms with E-state index < -0.39 is 17.8 Å². The maximum Gasteiger partial charge on any atom is 0.248 e. The zero-order valence-corrected chi connectivity index (χ0v) is 17.8. The molecule has 0 aliphatic carbocycles. The van der Waals surface area contributed by atoms with Crippen LogP contribution in [0.2, 0.25) is 0 Å². The quantitative estimate of drug-likeness (QED) is 0.591. The normalized spacial score (nSPS) is 17.4. The molecule has 0 spiro atoms. The highest BCUT2D eigenvalue weighted by molar-refractivity contribution is 6.10. The van der Waals surface area contributed by atoms with Crippen LogP contribution in [0, 0.1) is 11.7 Å². The number of aromatic nitrogens is 3. The van der Waals surface area contributed by atoms with E-state index in [0.29, 0.717) is 47.3 Å². The van der Waals surface area contributed by atoms with Gasteiger partial charge in [0, 0.05) is 18.7 Å². The van der Waals surface area contributed by atoms with Crippen LogP contribution in [0.5, 0.6) is 5.75 Å². The first-order chi connectivity index (χ1) is 15.5. The lowest BCUT2D eigenvalue weighted by atomic mass is 9.87. The highest BCUT2D eigenvalue weighted by atomic mass is 19.1. The molecule has 2 aromatic carbocycles. The molecule has 2 unspecified atom stereocenters. The minimum Gasteiger partial charge on any atom is -0.495 e. The largest absolute Gasteiger partial charge is 0.495 e. The fourth-order valence-electron chi connectivity index (χ4n) is 3.88. The first kappa shape index (κ1) is 21.6. The van der Waals surface area contributed by atoms with Crippen molar-refractivity contribution in [3.05, 3.63) is 65.7 Å². The molecular formula is C23H24FN5O3. The predicted molar refractivity (Wildman–Crippen MR) is 118 cm³/mol. The van der Waals surface area contributed by atoms with Crippen LogP contribution >= 0.6 is 0 Å². The lowest BCUT2D eigenvalue weighted by Crippen LogP contribution is -2.39. The first-order valence-electron chi connectivity index (χ1n) is 10.3. The topological polar surface area (TPSA) is 102 Å². The number of anilines is 1. The molecule has 1 aromatic heterocycles. The van der Waals surface area contributed by atoms with Gasteiger partial charge in [-0.3, -0.25) is 4.79 Å². The Labute approximate surface area is 184 Å². The Kier molecular flexibility index (Phi) is 6.27. The number of aliphatic hydroxyl groups is 1. The van der Waals surface area contributed by atoms with E-state index in [1.165, 1.54) is 19.2 Å². The van der Waals surface area contributed by atoms with Crippen molar-refractivity contribution in [1.82, 2.24) is 14.8 Å². The Balaban J connectivity index is 1.76. The molecule has 1 amide bonds. The van der Waals surface area contributed by atoms with Gasteiger partial charge < -0.3 is 15.2 Å². The molecule has 166 valence electrons. The summed E-state index contributed by atoms with van der Waals surface area (Å²) in [4.78, 5) is 22.4. The molecule has 1 aliphatic rings. The van der Waals surface area contributed by atoms with E-state index in [0.717, 1.165) is 0 Å². The number of aryl methyl sites for hydroxylation is 1. The number of carbonyl (C=O) groups is 1. The summed E-state index contributed by atoms with van der Waals surface area (Å²) in [5.41, 5.74) is 1.65. The number of halogens is 1. The van der Waals surface area contributed by atoms with E-state index in [1.807, 2.05) is 6.07 Å². The molecule has 0 radical (unpaired) electrons. The number of rotatable bonds is 7. The summed E-state index contributed by atoms with van der Waals surface area (Å²) in [5.74, 6) is -0.0801. The molecule has 9 heteroatoms. The van der Waals surface area contributed by atoms with Gasteiger partial charge in [-0.25, -0.2) is 14.1 Å². The Morgan fingerprint density at radius 2 is 2.06 bits per heavy atom. The van der Waals surface area contributed by atoms with E-state index in [9.17, 15) is 9.18 Å². The lowest BCUT2D eigenvalue weighted by Gasteiger charge is -2.30. The number of aliphatic imine (C=N–C) groups is 1. The van der Waals surface area contributed by atoms with Crippen LogP contribution in [-0.4, -0.2) is 45.2 Å². The number of para-hydroxylation sites is 2. The van der Waals surface area contributed by atoms with E-state index in [4.69, 9.17) is 9.84 Å². The Morgan fingerprint density at radius 3 is 2.81 bits per heavy atom. The molecule has 3 aromatic rings. The summed E-state index contributed by atoms with van der Waals surface area (Å²) >= 11 is 0. The lowest BCUT2D eigenvalue weighted by molar-refractivity contribution is -0.118. The van der Waals surface area contributed by atoms with Crippen molar-refractivity contribution < 1.29 is 19.0 Å². The van der Waals surface area contributed by atoms with Crippen molar-refractivity contribution in [2.45, 2.75) is 25.8 Å². The minimum absolute atomic E-state index is 0.0173. The van der Waals surface area contributed by atoms with Gasteiger partial charge in [-0.05, 0) is 43.2 Å². The third-order valence-electron chi connectivity index (χ3n) is 5.36.